The van der Waals surface area contributed by atoms with E-state index in [1.807, 2.05) is 42.6 Å². The molecule has 3 aromatic rings. The number of nitrogens with one attached hydrogen (secondary N) is 2. The highest BCUT2D eigenvalue weighted by molar-refractivity contribution is 5.59. The van der Waals surface area contributed by atoms with Gasteiger partial charge >= 0.3 is 0 Å². The maximum atomic E-state index is 5.73. The zero-order valence-corrected chi connectivity index (χ0v) is 14.4. The van der Waals surface area contributed by atoms with Gasteiger partial charge in [-0.2, -0.15) is 0 Å². The average Bonchev–Trinajstić information content (AvgIpc) is 3.23. The number of rotatable bonds is 5. The molecule has 0 saturated carbocycles. The van der Waals surface area contributed by atoms with Gasteiger partial charge < -0.3 is 15.4 Å². The first-order valence-corrected chi connectivity index (χ1v) is 8.63. The Morgan fingerprint density at radius 2 is 2.24 bits per heavy atom. The maximum absolute atomic E-state index is 5.73. The number of fused-ring (bicyclic) bond motifs is 1. The van der Waals surface area contributed by atoms with Gasteiger partial charge in [0.15, 0.2) is 5.82 Å². The number of imidazole rings is 1. The lowest BCUT2D eigenvalue weighted by Gasteiger charge is -2.12. The fourth-order valence-corrected chi connectivity index (χ4v) is 3.02. The number of pyridine rings is 1. The lowest BCUT2D eigenvalue weighted by atomic mass is 10.2. The zero-order valence-electron chi connectivity index (χ0n) is 14.4. The Kier molecular flexibility index (Phi) is 4.23. The van der Waals surface area contributed by atoms with Gasteiger partial charge in [-0.15, -0.1) is 0 Å². The molecule has 7 heteroatoms. The number of anilines is 1. The molecule has 2 N–H and O–H groups in total. The van der Waals surface area contributed by atoms with Gasteiger partial charge in [0, 0.05) is 31.0 Å². The lowest BCUT2D eigenvalue weighted by Crippen LogP contribution is -2.22. The monoisotopic (exact) mass is 338 g/mol. The van der Waals surface area contributed by atoms with E-state index in [1.165, 1.54) is 0 Å². The molecule has 1 saturated heterocycles. The van der Waals surface area contributed by atoms with Crippen LogP contribution in [0.3, 0.4) is 0 Å². The molecule has 0 spiro atoms. The Labute approximate surface area is 146 Å². The minimum absolute atomic E-state index is 0.132. The highest BCUT2D eigenvalue weighted by Crippen LogP contribution is 2.22. The van der Waals surface area contributed by atoms with Crippen LogP contribution in [0.5, 0.6) is 5.75 Å². The van der Waals surface area contributed by atoms with Crippen LogP contribution < -0.4 is 15.4 Å². The molecule has 25 heavy (non-hydrogen) atoms. The molecule has 1 unspecified atom stereocenters. The van der Waals surface area contributed by atoms with Crippen molar-refractivity contribution in [2.75, 3.05) is 18.4 Å². The standard InChI is InChI=1S/C18H22N6O/c1-12(2)25-14-5-8-24-15(11-21-17(24)9-14)18-20-7-4-16(23-18)22-13-3-6-19-10-13/h4-5,7-9,11-13,19H,3,6,10H2,1-2H3,(H,20,22,23). The van der Waals surface area contributed by atoms with E-state index < -0.39 is 0 Å². The molecular formula is C18H22N6O. The van der Waals surface area contributed by atoms with Crippen molar-refractivity contribution in [2.45, 2.75) is 32.4 Å². The molecule has 0 aliphatic carbocycles. The van der Waals surface area contributed by atoms with Gasteiger partial charge in [-0.1, -0.05) is 0 Å². The van der Waals surface area contributed by atoms with Gasteiger partial charge in [-0.25, -0.2) is 15.0 Å². The normalized spacial score (nSPS) is 17.3. The minimum atomic E-state index is 0.132. The van der Waals surface area contributed by atoms with Crippen LogP contribution in [0.15, 0.2) is 36.8 Å². The van der Waals surface area contributed by atoms with Crippen molar-refractivity contribution in [3.63, 3.8) is 0 Å². The summed E-state index contributed by atoms with van der Waals surface area (Å²) in [6, 6.07) is 6.18. The van der Waals surface area contributed by atoms with E-state index in [2.05, 4.69) is 25.6 Å². The van der Waals surface area contributed by atoms with Gasteiger partial charge in [0.2, 0.25) is 0 Å². The van der Waals surface area contributed by atoms with Gasteiger partial charge in [0.25, 0.3) is 0 Å². The van der Waals surface area contributed by atoms with Crippen molar-refractivity contribution >= 4 is 11.5 Å². The van der Waals surface area contributed by atoms with Gasteiger partial charge in [-0.05, 0) is 38.9 Å². The second kappa shape index (κ2) is 6.68. The SMILES string of the molecule is CC(C)Oc1ccn2c(-c3nccc(NC4CCNC4)n3)cnc2c1. The summed E-state index contributed by atoms with van der Waals surface area (Å²) in [7, 11) is 0. The first-order chi connectivity index (χ1) is 12.2. The van der Waals surface area contributed by atoms with Crippen molar-refractivity contribution < 1.29 is 4.74 Å². The van der Waals surface area contributed by atoms with Crippen LogP contribution in [-0.2, 0) is 0 Å². The number of hydrogen-bond acceptors (Lipinski definition) is 6. The number of ether oxygens (including phenoxy) is 1. The van der Waals surface area contributed by atoms with Crippen LogP contribution in [0.4, 0.5) is 5.82 Å². The molecular weight excluding hydrogens is 316 g/mol. The van der Waals surface area contributed by atoms with Crippen LogP contribution in [0.2, 0.25) is 0 Å². The predicted molar refractivity (Wildman–Crippen MR) is 96.9 cm³/mol. The quantitative estimate of drug-likeness (QED) is 0.744. The molecule has 7 nitrogen and oxygen atoms in total. The largest absolute Gasteiger partial charge is 0.491 e. The Morgan fingerprint density at radius 1 is 1.32 bits per heavy atom. The maximum Gasteiger partial charge on any atom is 0.180 e. The Hall–Kier alpha value is -2.67. The molecule has 0 amide bonds. The molecule has 3 aromatic heterocycles. The molecule has 0 aromatic carbocycles. The number of aromatic nitrogens is 4. The molecule has 1 fully saturated rings. The fraction of sp³-hybridized carbons (Fsp3) is 0.389. The average molecular weight is 338 g/mol. The molecule has 1 atom stereocenters. The van der Waals surface area contributed by atoms with Crippen LogP contribution in [-0.4, -0.2) is 44.6 Å². The number of nitrogens with zero attached hydrogens (tertiary/aromatic N) is 4. The van der Waals surface area contributed by atoms with Crippen LogP contribution in [0.25, 0.3) is 17.2 Å². The third-order valence-corrected chi connectivity index (χ3v) is 4.15. The van der Waals surface area contributed by atoms with Crippen LogP contribution >= 0.6 is 0 Å². The van der Waals surface area contributed by atoms with E-state index in [0.29, 0.717) is 11.9 Å². The van der Waals surface area contributed by atoms with E-state index in [-0.39, 0.29) is 6.10 Å². The molecule has 0 radical (unpaired) electrons. The molecule has 130 valence electrons. The summed E-state index contributed by atoms with van der Waals surface area (Å²) in [5.74, 6) is 2.30. The highest BCUT2D eigenvalue weighted by atomic mass is 16.5. The molecule has 4 heterocycles. The Bertz CT molecular complexity index is 869. The van der Waals surface area contributed by atoms with Crippen LogP contribution in [0.1, 0.15) is 20.3 Å². The van der Waals surface area contributed by atoms with Crippen molar-refractivity contribution in [1.82, 2.24) is 24.7 Å². The second-order valence-corrected chi connectivity index (χ2v) is 6.50. The number of hydrogen-bond donors (Lipinski definition) is 2. The minimum Gasteiger partial charge on any atom is -0.491 e. The molecule has 4 rings (SSSR count). The van der Waals surface area contributed by atoms with Crippen molar-refractivity contribution in [3.05, 3.63) is 36.8 Å². The summed E-state index contributed by atoms with van der Waals surface area (Å²) in [5.41, 5.74) is 1.68. The van der Waals surface area contributed by atoms with E-state index in [0.717, 1.165) is 42.4 Å². The van der Waals surface area contributed by atoms with Crippen molar-refractivity contribution in [1.29, 1.82) is 0 Å². The first-order valence-electron chi connectivity index (χ1n) is 8.63. The lowest BCUT2D eigenvalue weighted by molar-refractivity contribution is 0.242. The summed E-state index contributed by atoms with van der Waals surface area (Å²) in [6.07, 6.45) is 6.76. The summed E-state index contributed by atoms with van der Waals surface area (Å²) < 4.78 is 7.71. The smallest absolute Gasteiger partial charge is 0.180 e. The predicted octanol–water partition coefficient (Wildman–Crippen LogP) is 2.35. The fourth-order valence-electron chi connectivity index (χ4n) is 3.02. The van der Waals surface area contributed by atoms with Crippen molar-refractivity contribution in [2.24, 2.45) is 0 Å². The van der Waals surface area contributed by atoms with E-state index in [1.54, 1.807) is 12.4 Å². The summed E-state index contributed by atoms with van der Waals surface area (Å²) in [4.78, 5) is 13.5. The third kappa shape index (κ3) is 3.41. The second-order valence-electron chi connectivity index (χ2n) is 6.50. The molecule has 0 bridgehead atoms. The summed E-state index contributed by atoms with van der Waals surface area (Å²) >= 11 is 0. The van der Waals surface area contributed by atoms with E-state index >= 15 is 0 Å². The topological polar surface area (TPSA) is 76.4 Å². The highest BCUT2D eigenvalue weighted by Gasteiger charge is 2.15. The zero-order chi connectivity index (χ0) is 17.2. The molecule has 1 aliphatic rings. The Balaban J connectivity index is 1.62. The summed E-state index contributed by atoms with van der Waals surface area (Å²) in [6.45, 7) is 6.03. The van der Waals surface area contributed by atoms with Gasteiger partial charge in [-0.3, -0.25) is 4.40 Å². The van der Waals surface area contributed by atoms with Crippen LogP contribution in [0, 0.1) is 0 Å². The van der Waals surface area contributed by atoms with Gasteiger partial charge in [0.1, 0.15) is 22.9 Å². The molecule has 1 aliphatic heterocycles. The first kappa shape index (κ1) is 15.8. The van der Waals surface area contributed by atoms with E-state index in [9.17, 15) is 0 Å². The summed E-state index contributed by atoms with van der Waals surface area (Å²) in [5, 5.41) is 6.80. The van der Waals surface area contributed by atoms with E-state index in [4.69, 9.17) is 4.74 Å². The Morgan fingerprint density at radius 3 is 3.04 bits per heavy atom. The third-order valence-electron chi connectivity index (χ3n) is 4.15. The van der Waals surface area contributed by atoms with Crippen molar-refractivity contribution in [3.8, 4) is 17.3 Å². The van der Waals surface area contributed by atoms with Gasteiger partial charge in [0.05, 0.1) is 12.3 Å².